The Labute approximate surface area is 85.0 Å². The number of rotatable bonds is 4. The van der Waals surface area contributed by atoms with E-state index in [2.05, 4.69) is 5.32 Å². The first-order valence-corrected chi connectivity index (χ1v) is 4.83. The predicted octanol–water partition coefficient (Wildman–Crippen LogP) is 1.24. The smallest absolute Gasteiger partial charge is 0.306 e. The zero-order valence-corrected chi connectivity index (χ0v) is 9.35. The molecule has 82 valence electrons. The number of hydrogen-bond donors (Lipinski definition) is 1. The Hall–Kier alpha value is -1.06. The van der Waals surface area contributed by atoms with Crippen LogP contribution in [0, 0.1) is 0 Å². The molecule has 1 amide bonds. The fourth-order valence-corrected chi connectivity index (χ4v) is 0.894. The quantitative estimate of drug-likeness (QED) is 0.696. The highest BCUT2D eigenvalue weighted by Gasteiger charge is 2.16. The van der Waals surface area contributed by atoms with Gasteiger partial charge in [-0.3, -0.25) is 9.59 Å². The third-order valence-corrected chi connectivity index (χ3v) is 1.35. The first-order chi connectivity index (χ1) is 6.35. The van der Waals surface area contributed by atoms with E-state index >= 15 is 0 Å². The lowest BCUT2D eigenvalue weighted by Crippen LogP contribution is -2.26. The van der Waals surface area contributed by atoms with Crippen molar-refractivity contribution in [2.75, 3.05) is 6.54 Å². The van der Waals surface area contributed by atoms with E-state index in [1.165, 1.54) is 0 Å². The van der Waals surface area contributed by atoms with Gasteiger partial charge >= 0.3 is 5.97 Å². The topological polar surface area (TPSA) is 55.4 Å². The SMILES string of the molecule is CCNC(=O)CCC(=O)OC(C)(C)C. The Kier molecular flexibility index (Phi) is 5.20. The van der Waals surface area contributed by atoms with Gasteiger partial charge in [-0.15, -0.1) is 0 Å². The molecule has 0 fully saturated rings. The van der Waals surface area contributed by atoms with Crippen molar-refractivity contribution in [2.24, 2.45) is 0 Å². The first-order valence-electron chi connectivity index (χ1n) is 4.83. The summed E-state index contributed by atoms with van der Waals surface area (Å²) in [5.41, 5.74) is -0.474. The fourth-order valence-electron chi connectivity index (χ4n) is 0.894. The summed E-state index contributed by atoms with van der Waals surface area (Å²) in [5, 5.41) is 2.62. The van der Waals surface area contributed by atoms with Gasteiger partial charge in [-0.2, -0.15) is 0 Å². The normalized spacial score (nSPS) is 10.9. The van der Waals surface area contributed by atoms with Crippen LogP contribution < -0.4 is 5.32 Å². The highest BCUT2D eigenvalue weighted by molar-refractivity contribution is 5.81. The number of carbonyl (C=O) groups is 2. The van der Waals surface area contributed by atoms with Gasteiger partial charge in [0.05, 0.1) is 6.42 Å². The van der Waals surface area contributed by atoms with Crippen LogP contribution in [0.25, 0.3) is 0 Å². The molecule has 4 nitrogen and oxygen atoms in total. The second-order valence-corrected chi connectivity index (χ2v) is 4.04. The molecule has 0 saturated carbocycles. The maximum atomic E-state index is 11.2. The minimum atomic E-state index is -0.474. The van der Waals surface area contributed by atoms with E-state index in [1.807, 2.05) is 6.92 Å². The van der Waals surface area contributed by atoms with Crippen LogP contribution >= 0.6 is 0 Å². The van der Waals surface area contributed by atoms with Crippen molar-refractivity contribution in [1.82, 2.24) is 5.32 Å². The van der Waals surface area contributed by atoms with E-state index in [4.69, 9.17) is 4.74 Å². The molecule has 0 aliphatic carbocycles. The molecule has 1 N–H and O–H groups in total. The molecule has 0 aliphatic rings. The van der Waals surface area contributed by atoms with E-state index in [0.29, 0.717) is 6.54 Å². The van der Waals surface area contributed by atoms with E-state index in [0.717, 1.165) is 0 Å². The van der Waals surface area contributed by atoms with Crippen LogP contribution in [0.15, 0.2) is 0 Å². The molecule has 0 saturated heterocycles. The van der Waals surface area contributed by atoms with Crippen LogP contribution in [0.2, 0.25) is 0 Å². The molecule has 0 aromatic rings. The van der Waals surface area contributed by atoms with Gasteiger partial charge in [-0.05, 0) is 27.7 Å². The second kappa shape index (κ2) is 5.62. The standard InChI is InChI=1S/C10H19NO3/c1-5-11-8(12)6-7-9(13)14-10(2,3)4/h5-7H2,1-4H3,(H,11,12). The molecule has 0 aliphatic heterocycles. The molecule has 4 heteroatoms. The molecule has 0 atom stereocenters. The van der Waals surface area contributed by atoms with Crippen molar-refractivity contribution in [3.05, 3.63) is 0 Å². The molecule has 0 rings (SSSR count). The van der Waals surface area contributed by atoms with Crippen LogP contribution in [0.3, 0.4) is 0 Å². The number of carbonyl (C=O) groups excluding carboxylic acids is 2. The predicted molar refractivity (Wildman–Crippen MR) is 53.8 cm³/mol. The fraction of sp³-hybridized carbons (Fsp3) is 0.800. The molecule has 0 heterocycles. The van der Waals surface area contributed by atoms with Crippen molar-refractivity contribution in [2.45, 2.75) is 46.1 Å². The summed E-state index contributed by atoms with van der Waals surface area (Å²) in [6, 6.07) is 0. The lowest BCUT2D eigenvalue weighted by atomic mass is 10.2. The molecule has 0 radical (unpaired) electrons. The van der Waals surface area contributed by atoms with Gasteiger partial charge in [0, 0.05) is 13.0 Å². The largest absolute Gasteiger partial charge is 0.460 e. The van der Waals surface area contributed by atoms with E-state index in [-0.39, 0.29) is 24.7 Å². The monoisotopic (exact) mass is 201 g/mol. The van der Waals surface area contributed by atoms with Crippen LogP contribution in [0.1, 0.15) is 40.5 Å². The Morgan fingerprint density at radius 3 is 2.21 bits per heavy atom. The second-order valence-electron chi connectivity index (χ2n) is 4.04. The molecular weight excluding hydrogens is 182 g/mol. The van der Waals surface area contributed by atoms with Crippen LogP contribution in [0.5, 0.6) is 0 Å². The summed E-state index contributed by atoms with van der Waals surface area (Å²) in [7, 11) is 0. The molecule has 14 heavy (non-hydrogen) atoms. The van der Waals surface area contributed by atoms with Crippen molar-refractivity contribution < 1.29 is 14.3 Å². The van der Waals surface area contributed by atoms with Gasteiger partial charge in [0.1, 0.15) is 5.60 Å². The summed E-state index contributed by atoms with van der Waals surface area (Å²) < 4.78 is 5.05. The molecule has 0 spiro atoms. The summed E-state index contributed by atoms with van der Waals surface area (Å²) in [6.45, 7) is 7.84. The summed E-state index contributed by atoms with van der Waals surface area (Å²) >= 11 is 0. The Balaban J connectivity index is 3.70. The minimum absolute atomic E-state index is 0.113. The van der Waals surface area contributed by atoms with Gasteiger partial charge in [0.2, 0.25) is 5.91 Å². The third kappa shape index (κ3) is 7.58. The van der Waals surface area contributed by atoms with Gasteiger partial charge in [-0.25, -0.2) is 0 Å². The van der Waals surface area contributed by atoms with Gasteiger partial charge in [0.25, 0.3) is 0 Å². The van der Waals surface area contributed by atoms with Crippen LogP contribution in [-0.4, -0.2) is 24.0 Å². The Morgan fingerprint density at radius 1 is 1.21 bits per heavy atom. The third-order valence-electron chi connectivity index (χ3n) is 1.35. The summed E-state index contributed by atoms with van der Waals surface area (Å²) in [4.78, 5) is 22.2. The van der Waals surface area contributed by atoms with Crippen LogP contribution in [-0.2, 0) is 14.3 Å². The molecular formula is C10H19NO3. The van der Waals surface area contributed by atoms with Crippen molar-refractivity contribution in [1.29, 1.82) is 0 Å². The van der Waals surface area contributed by atoms with Crippen molar-refractivity contribution >= 4 is 11.9 Å². The average Bonchev–Trinajstić information content (AvgIpc) is 1.98. The highest BCUT2D eigenvalue weighted by Crippen LogP contribution is 2.08. The van der Waals surface area contributed by atoms with Crippen molar-refractivity contribution in [3.8, 4) is 0 Å². The molecule has 0 unspecified atom stereocenters. The van der Waals surface area contributed by atoms with Gasteiger partial charge < -0.3 is 10.1 Å². The van der Waals surface area contributed by atoms with Crippen LogP contribution in [0.4, 0.5) is 0 Å². The molecule has 0 aromatic heterocycles. The lowest BCUT2D eigenvalue weighted by molar-refractivity contribution is -0.155. The maximum absolute atomic E-state index is 11.2. The number of esters is 1. The minimum Gasteiger partial charge on any atom is -0.460 e. The van der Waals surface area contributed by atoms with Gasteiger partial charge in [0.15, 0.2) is 0 Å². The van der Waals surface area contributed by atoms with E-state index < -0.39 is 5.60 Å². The summed E-state index contributed by atoms with van der Waals surface area (Å²) in [6.07, 6.45) is 0.339. The summed E-state index contributed by atoms with van der Waals surface area (Å²) in [5.74, 6) is -0.442. The average molecular weight is 201 g/mol. The molecule has 0 bridgehead atoms. The van der Waals surface area contributed by atoms with E-state index in [9.17, 15) is 9.59 Å². The number of ether oxygens (including phenoxy) is 1. The zero-order valence-electron chi connectivity index (χ0n) is 9.35. The number of hydrogen-bond acceptors (Lipinski definition) is 3. The maximum Gasteiger partial charge on any atom is 0.306 e. The lowest BCUT2D eigenvalue weighted by Gasteiger charge is -2.19. The Bertz CT molecular complexity index is 206. The number of amides is 1. The van der Waals surface area contributed by atoms with Crippen molar-refractivity contribution in [3.63, 3.8) is 0 Å². The van der Waals surface area contributed by atoms with E-state index in [1.54, 1.807) is 20.8 Å². The molecule has 0 aromatic carbocycles. The van der Waals surface area contributed by atoms with Gasteiger partial charge in [-0.1, -0.05) is 0 Å². The zero-order chi connectivity index (χ0) is 11.2. The first kappa shape index (κ1) is 12.9. The Morgan fingerprint density at radius 2 is 1.79 bits per heavy atom. The number of nitrogens with one attached hydrogen (secondary N) is 1. The highest BCUT2D eigenvalue weighted by atomic mass is 16.6.